The molecule has 5 nitrogen and oxygen atoms in total. The Balaban J connectivity index is 2.77. The summed E-state index contributed by atoms with van der Waals surface area (Å²) in [5.41, 5.74) is 1.01. The summed E-state index contributed by atoms with van der Waals surface area (Å²) >= 11 is 0. The van der Waals surface area contributed by atoms with Gasteiger partial charge in [-0.2, -0.15) is 0 Å². The number of hydrogen-bond donors (Lipinski definition) is 2. The lowest BCUT2D eigenvalue weighted by molar-refractivity contribution is 0.687. The molecular formula is C12H22N4OS. The van der Waals surface area contributed by atoms with Crippen molar-refractivity contribution in [1.29, 1.82) is 0 Å². The lowest BCUT2D eigenvalue weighted by Crippen LogP contribution is -2.14. The van der Waals surface area contributed by atoms with Crippen LogP contribution in [0.2, 0.25) is 0 Å². The average Bonchev–Trinajstić information content (AvgIpc) is 2.30. The molecule has 0 aromatic carbocycles. The summed E-state index contributed by atoms with van der Waals surface area (Å²) in [6.45, 7) is 7.54. The fraction of sp³-hybridized carbons (Fsp3) is 0.667. The van der Waals surface area contributed by atoms with Crippen LogP contribution in [0.1, 0.15) is 24.7 Å². The molecule has 6 heteroatoms. The van der Waals surface area contributed by atoms with Crippen LogP contribution in [0.15, 0.2) is 0 Å². The maximum atomic E-state index is 11.0. The predicted octanol–water partition coefficient (Wildman–Crippen LogP) is 1.71. The summed E-state index contributed by atoms with van der Waals surface area (Å²) in [7, 11) is -0.783. The second-order valence-corrected chi connectivity index (χ2v) is 5.78. The summed E-state index contributed by atoms with van der Waals surface area (Å²) in [4.78, 5) is 8.77. The molecule has 18 heavy (non-hydrogen) atoms. The molecule has 0 radical (unpaired) electrons. The molecule has 0 aliphatic heterocycles. The van der Waals surface area contributed by atoms with Crippen molar-refractivity contribution in [3.8, 4) is 0 Å². The summed E-state index contributed by atoms with van der Waals surface area (Å²) < 4.78 is 11.0. The van der Waals surface area contributed by atoms with Crippen LogP contribution >= 0.6 is 0 Å². The number of nitrogens with zero attached hydrogens (tertiary/aromatic N) is 2. The molecule has 0 aliphatic carbocycles. The van der Waals surface area contributed by atoms with Crippen LogP contribution in [0.5, 0.6) is 0 Å². The first-order chi connectivity index (χ1) is 8.54. The molecule has 1 aromatic heterocycles. The third kappa shape index (κ3) is 4.60. The molecule has 0 amide bonds. The minimum Gasteiger partial charge on any atom is -0.370 e. The zero-order valence-corrected chi connectivity index (χ0v) is 12.4. The standard InChI is InChI=1S/C12H22N4OS/c1-5-6-13-11-9(2)12(16-10(3)15-11)14-7-8-18(4)17/h5-8H2,1-4H3,(H2,13,14,15,16). The normalized spacial score (nSPS) is 12.2. The SMILES string of the molecule is CCCNc1nc(C)nc(NCCS(C)=O)c1C. The lowest BCUT2D eigenvalue weighted by Gasteiger charge is -2.13. The van der Waals surface area contributed by atoms with Crippen molar-refractivity contribution < 1.29 is 4.21 Å². The van der Waals surface area contributed by atoms with E-state index in [1.807, 2.05) is 13.8 Å². The van der Waals surface area contributed by atoms with E-state index < -0.39 is 10.8 Å². The van der Waals surface area contributed by atoms with Gasteiger partial charge in [0.15, 0.2) is 0 Å². The van der Waals surface area contributed by atoms with Gasteiger partial charge < -0.3 is 10.6 Å². The van der Waals surface area contributed by atoms with E-state index in [2.05, 4.69) is 27.5 Å². The Bertz CT molecular complexity index is 423. The largest absolute Gasteiger partial charge is 0.370 e. The molecule has 0 saturated carbocycles. The number of rotatable bonds is 7. The first-order valence-corrected chi connectivity index (χ1v) is 7.90. The number of anilines is 2. The van der Waals surface area contributed by atoms with Crippen LogP contribution in [0.4, 0.5) is 11.6 Å². The minimum atomic E-state index is -0.783. The van der Waals surface area contributed by atoms with Crippen molar-refractivity contribution in [1.82, 2.24) is 9.97 Å². The van der Waals surface area contributed by atoms with Gasteiger partial charge in [-0.1, -0.05) is 6.92 Å². The monoisotopic (exact) mass is 270 g/mol. The van der Waals surface area contributed by atoms with Crippen LogP contribution in [0.3, 0.4) is 0 Å². The molecule has 1 unspecified atom stereocenters. The van der Waals surface area contributed by atoms with Gasteiger partial charge in [0.1, 0.15) is 17.5 Å². The van der Waals surface area contributed by atoms with Crippen LogP contribution in [0.25, 0.3) is 0 Å². The molecule has 0 saturated heterocycles. The van der Waals surface area contributed by atoms with E-state index in [0.29, 0.717) is 12.3 Å². The van der Waals surface area contributed by atoms with Gasteiger partial charge in [-0.05, 0) is 20.3 Å². The van der Waals surface area contributed by atoms with E-state index in [1.54, 1.807) is 6.26 Å². The van der Waals surface area contributed by atoms with Crippen molar-refractivity contribution >= 4 is 22.4 Å². The minimum absolute atomic E-state index is 0.625. The molecule has 1 rings (SSSR count). The van der Waals surface area contributed by atoms with E-state index in [9.17, 15) is 4.21 Å². The topological polar surface area (TPSA) is 66.9 Å². The molecule has 0 fully saturated rings. The third-order valence-corrected chi connectivity index (χ3v) is 3.26. The summed E-state index contributed by atoms with van der Waals surface area (Å²) in [6.07, 6.45) is 2.76. The Hall–Kier alpha value is -1.17. The van der Waals surface area contributed by atoms with E-state index >= 15 is 0 Å². The zero-order valence-electron chi connectivity index (χ0n) is 11.5. The second kappa shape index (κ2) is 7.31. The first-order valence-electron chi connectivity index (χ1n) is 6.17. The summed E-state index contributed by atoms with van der Waals surface area (Å²) in [5.74, 6) is 3.07. The van der Waals surface area contributed by atoms with Crippen LogP contribution in [-0.4, -0.2) is 39.3 Å². The van der Waals surface area contributed by atoms with Crippen molar-refractivity contribution in [2.75, 3.05) is 35.7 Å². The first kappa shape index (κ1) is 14.9. The Morgan fingerprint density at radius 1 is 1.11 bits per heavy atom. The molecule has 0 aliphatic rings. The van der Waals surface area contributed by atoms with Crippen LogP contribution in [0, 0.1) is 13.8 Å². The Kier molecular flexibility index (Phi) is 6.04. The predicted molar refractivity (Wildman–Crippen MR) is 77.7 cm³/mol. The Labute approximate surface area is 111 Å². The van der Waals surface area contributed by atoms with Crippen LogP contribution < -0.4 is 10.6 Å². The molecular weight excluding hydrogens is 248 g/mol. The highest BCUT2D eigenvalue weighted by Gasteiger charge is 2.08. The van der Waals surface area contributed by atoms with E-state index in [-0.39, 0.29) is 0 Å². The molecule has 0 spiro atoms. The molecule has 1 heterocycles. The number of aryl methyl sites for hydroxylation is 1. The highest BCUT2D eigenvalue weighted by Crippen LogP contribution is 2.19. The lowest BCUT2D eigenvalue weighted by atomic mass is 10.3. The summed E-state index contributed by atoms with van der Waals surface area (Å²) in [5, 5.41) is 6.51. The van der Waals surface area contributed by atoms with E-state index in [4.69, 9.17) is 0 Å². The molecule has 0 bridgehead atoms. The molecule has 102 valence electrons. The van der Waals surface area contributed by atoms with Gasteiger partial charge in [-0.3, -0.25) is 4.21 Å². The highest BCUT2D eigenvalue weighted by molar-refractivity contribution is 7.84. The van der Waals surface area contributed by atoms with Crippen molar-refractivity contribution in [3.63, 3.8) is 0 Å². The maximum Gasteiger partial charge on any atom is 0.134 e. The number of aromatic nitrogens is 2. The van der Waals surface area contributed by atoms with Gasteiger partial charge in [0.2, 0.25) is 0 Å². The van der Waals surface area contributed by atoms with Crippen molar-refractivity contribution in [2.24, 2.45) is 0 Å². The fourth-order valence-electron chi connectivity index (χ4n) is 1.53. The second-order valence-electron chi connectivity index (χ2n) is 4.22. The average molecular weight is 270 g/mol. The van der Waals surface area contributed by atoms with Gasteiger partial charge in [-0.25, -0.2) is 9.97 Å². The van der Waals surface area contributed by atoms with Crippen molar-refractivity contribution in [2.45, 2.75) is 27.2 Å². The maximum absolute atomic E-state index is 11.0. The Morgan fingerprint density at radius 2 is 1.67 bits per heavy atom. The quantitative estimate of drug-likeness (QED) is 0.789. The molecule has 1 atom stereocenters. The van der Waals surface area contributed by atoms with Gasteiger partial charge in [0.05, 0.1) is 0 Å². The van der Waals surface area contributed by atoms with Crippen molar-refractivity contribution in [3.05, 3.63) is 11.4 Å². The zero-order chi connectivity index (χ0) is 13.5. The van der Waals surface area contributed by atoms with E-state index in [0.717, 1.165) is 36.0 Å². The van der Waals surface area contributed by atoms with Gasteiger partial charge in [0.25, 0.3) is 0 Å². The van der Waals surface area contributed by atoms with Gasteiger partial charge in [0, 0.05) is 41.5 Å². The Morgan fingerprint density at radius 3 is 2.17 bits per heavy atom. The smallest absolute Gasteiger partial charge is 0.134 e. The molecule has 1 aromatic rings. The third-order valence-electron chi connectivity index (χ3n) is 2.48. The van der Waals surface area contributed by atoms with Crippen LogP contribution in [-0.2, 0) is 10.8 Å². The number of nitrogens with one attached hydrogen (secondary N) is 2. The highest BCUT2D eigenvalue weighted by atomic mass is 32.2. The summed E-state index contributed by atoms with van der Waals surface area (Å²) in [6, 6.07) is 0. The van der Waals surface area contributed by atoms with Gasteiger partial charge >= 0.3 is 0 Å². The fourth-order valence-corrected chi connectivity index (χ4v) is 1.92. The molecule has 2 N–H and O–H groups in total. The number of hydrogen-bond acceptors (Lipinski definition) is 5. The van der Waals surface area contributed by atoms with Gasteiger partial charge in [-0.15, -0.1) is 0 Å². The van der Waals surface area contributed by atoms with E-state index in [1.165, 1.54) is 0 Å².